The number of hydrogen-bond acceptors (Lipinski definition) is 3. The number of benzene rings is 1. The van der Waals surface area contributed by atoms with Gasteiger partial charge in [0, 0.05) is 13.1 Å². The van der Waals surface area contributed by atoms with Gasteiger partial charge in [-0.3, -0.25) is 4.79 Å². The van der Waals surface area contributed by atoms with E-state index in [1.54, 1.807) is 18.0 Å². The molecule has 0 spiro atoms. The number of phenolic OH excluding ortho intramolecular Hbond substituents is 1. The first-order chi connectivity index (χ1) is 8.59. The largest absolute Gasteiger partial charge is 0.508 e. The Labute approximate surface area is 112 Å². The van der Waals surface area contributed by atoms with Gasteiger partial charge in [0.2, 0.25) is 0 Å². The molecule has 5 heteroatoms. The average Bonchev–Trinajstić information content (AvgIpc) is 2.41. The van der Waals surface area contributed by atoms with Gasteiger partial charge in [0.05, 0.1) is 10.6 Å². The molecule has 2 rings (SSSR count). The molecule has 0 saturated carbocycles. The second-order valence-corrected chi connectivity index (χ2v) is 4.97. The average molecular weight is 269 g/mol. The molecule has 1 fully saturated rings. The molecule has 0 bridgehead atoms. The molecule has 0 aliphatic carbocycles. The highest BCUT2D eigenvalue weighted by atomic mass is 35.5. The van der Waals surface area contributed by atoms with Crippen LogP contribution in [0.25, 0.3) is 0 Å². The van der Waals surface area contributed by atoms with Crippen molar-refractivity contribution < 1.29 is 9.90 Å². The summed E-state index contributed by atoms with van der Waals surface area (Å²) in [6.07, 6.45) is 1.89. The molecule has 1 heterocycles. The first-order valence-corrected chi connectivity index (χ1v) is 6.44. The number of phenols is 1. The van der Waals surface area contributed by atoms with Gasteiger partial charge in [-0.25, -0.2) is 0 Å². The van der Waals surface area contributed by atoms with E-state index in [9.17, 15) is 9.90 Å². The van der Waals surface area contributed by atoms with Crippen LogP contribution in [0.5, 0.6) is 5.75 Å². The fraction of sp³-hybridized carbons (Fsp3) is 0.462. The van der Waals surface area contributed by atoms with Crippen LogP contribution >= 0.6 is 11.6 Å². The topological polar surface area (TPSA) is 52.6 Å². The van der Waals surface area contributed by atoms with E-state index in [-0.39, 0.29) is 17.7 Å². The number of carbonyl (C=O) groups excluding carboxylic acids is 1. The first kappa shape index (κ1) is 13.2. The summed E-state index contributed by atoms with van der Waals surface area (Å²) in [7, 11) is 1.79. The Hall–Kier alpha value is -1.26. The number of nitrogens with one attached hydrogen (secondary N) is 1. The molecule has 18 heavy (non-hydrogen) atoms. The van der Waals surface area contributed by atoms with Crippen LogP contribution < -0.4 is 5.32 Å². The Bertz CT molecular complexity index is 445. The van der Waals surface area contributed by atoms with Crippen LogP contribution in [0.2, 0.25) is 5.02 Å². The minimum atomic E-state index is -0.136. The number of hydrogen-bond donors (Lipinski definition) is 2. The maximum absolute atomic E-state index is 12.3. The van der Waals surface area contributed by atoms with Crippen LogP contribution in [0.3, 0.4) is 0 Å². The third-order valence-electron chi connectivity index (χ3n) is 3.36. The summed E-state index contributed by atoms with van der Waals surface area (Å²) < 4.78 is 0. The van der Waals surface area contributed by atoms with Gasteiger partial charge in [-0.1, -0.05) is 11.6 Å². The first-order valence-electron chi connectivity index (χ1n) is 6.06. The summed E-state index contributed by atoms with van der Waals surface area (Å²) in [4.78, 5) is 14.1. The Morgan fingerprint density at radius 3 is 2.78 bits per heavy atom. The second kappa shape index (κ2) is 5.59. The Morgan fingerprint density at radius 1 is 1.44 bits per heavy atom. The van der Waals surface area contributed by atoms with Crippen molar-refractivity contribution >= 4 is 17.5 Å². The number of nitrogens with zero attached hydrogens (tertiary/aromatic N) is 1. The van der Waals surface area contributed by atoms with Gasteiger partial charge in [0.1, 0.15) is 5.75 Å². The molecule has 98 valence electrons. The summed E-state index contributed by atoms with van der Waals surface area (Å²) in [5, 5.41) is 13.1. The molecule has 2 N–H and O–H groups in total. The minimum absolute atomic E-state index is 0.0569. The molecule has 1 amide bonds. The smallest absolute Gasteiger partial charge is 0.255 e. The zero-order valence-corrected chi connectivity index (χ0v) is 11.1. The number of halogens is 1. The molecule has 0 aromatic heterocycles. The molecule has 1 aromatic rings. The minimum Gasteiger partial charge on any atom is -0.508 e. The fourth-order valence-corrected chi connectivity index (χ4v) is 2.43. The standard InChI is InChI=1S/C13H17ClN2O2/c1-16(9-4-6-15-7-5-9)13(18)11-8-10(17)2-3-12(11)14/h2-3,8-9,15,17H,4-7H2,1H3. The van der Waals surface area contributed by atoms with Crippen molar-refractivity contribution in [2.45, 2.75) is 18.9 Å². The van der Waals surface area contributed by atoms with E-state index in [0.29, 0.717) is 10.6 Å². The third-order valence-corrected chi connectivity index (χ3v) is 3.69. The van der Waals surface area contributed by atoms with E-state index in [1.165, 1.54) is 12.1 Å². The predicted molar refractivity (Wildman–Crippen MR) is 71.1 cm³/mol. The highest BCUT2D eigenvalue weighted by Crippen LogP contribution is 2.24. The fourth-order valence-electron chi connectivity index (χ4n) is 2.23. The van der Waals surface area contributed by atoms with E-state index in [1.807, 2.05) is 0 Å². The monoisotopic (exact) mass is 268 g/mol. The van der Waals surface area contributed by atoms with Crippen LogP contribution in [-0.4, -0.2) is 42.1 Å². The van der Waals surface area contributed by atoms with Gasteiger partial charge in [-0.15, -0.1) is 0 Å². The molecule has 1 aliphatic heterocycles. The van der Waals surface area contributed by atoms with Crippen molar-refractivity contribution in [1.82, 2.24) is 10.2 Å². The SMILES string of the molecule is CN(C(=O)c1cc(O)ccc1Cl)C1CCNCC1. The second-order valence-electron chi connectivity index (χ2n) is 4.56. The Balaban J connectivity index is 2.16. The molecular formula is C13H17ClN2O2. The predicted octanol–water partition coefficient (Wildman–Crippen LogP) is 1.87. The van der Waals surface area contributed by atoms with Gasteiger partial charge in [-0.05, 0) is 44.1 Å². The lowest BCUT2D eigenvalue weighted by Crippen LogP contribution is -2.44. The van der Waals surface area contributed by atoms with Gasteiger partial charge in [-0.2, -0.15) is 0 Å². The molecule has 0 radical (unpaired) electrons. The molecule has 1 saturated heterocycles. The van der Waals surface area contributed by atoms with Gasteiger partial charge in [0.25, 0.3) is 5.91 Å². The summed E-state index contributed by atoms with van der Waals surface area (Å²) in [6, 6.07) is 4.67. The van der Waals surface area contributed by atoms with Crippen LogP contribution in [0.15, 0.2) is 18.2 Å². The number of piperidine rings is 1. The number of amides is 1. The molecule has 0 unspecified atom stereocenters. The number of aromatic hydroxyl groups is 1. The van der Waals surface area contributed by atoms with Crippen molar-refractivity contribution in [1.29, 1.82) is 0 Å². The van der Waals surface area contributed by atoms with Gasteiger partial charge < -0.3 is 15.3 Å². The lowest BCUT2D eigenvalue weighted by Gasteiger charge is -2.31. The van der Waals surface area contributed by atoms with Gasteiger partial charge in [0.15, 0.2) is 0 Å². The summed E-state index contributed by atoms with van der Waals surface area (Å²) in [5.41, 5.74) is 0.359. The van der Waals surface area contributed by atoms with Crippen LogP contribution in [-0.2, 0) is 0 Å². The Kier molecular flexibility index (Phi) is 4.09. The maximum atomic E-state index is 12.3. The summed E-state index contributed by atoms with van der Waals surface area (Å²) in [5.74, 6) is -0.0794. The normalized spacial score (nSPS) is 16.6. The maximum Gasteiger partial charge on any atom is 0.255 e. The lowest BCUT2D eigenvalue weighted by atomic mass is 10.0. The van der Waals surface area contributed by atoms with Crippen molar-refractivity contribution in [2.75, 3.05) is 20.1 Å². The van der Waals surface area contributed by atoms with Gasteiger partial charge >= 0.3 is 0 Å². The van der Waals surface area contributed by atoms with E-state index in [0.717, 1.165) is 25.9 Å². The Morgan fingerprint density at radius 2 is 2.11 bits per heavy atom. The van der Waals surface area contributed by atoms with E-state index < -0.39 is 0 Å². The molecular weight excluding hydrogens is 252 g/mol. The third kappa shape index (κ3) is 2.76. The quantitative estimate of drug-likeness (QED) is 0.861. The molecule has 1 aromatic carbocycles. The van der Waals surface area contributed by atoms with Crippen LogP contribution in [0.4, 0.5) is 0 Å². The lowest BCUT2D eigenvalue weighted by molar-refractivity contribution is 0.0703. The van der Waals surface area contributed by atoms with Crippen molar-refractivity contribution in [3.63, 3.8) is 0 Å². The summed E-state index contributed by atoms with van der Waals surface area (Å²) >= 11 is 6.00. The summed E-state index contributed by atoms with van der Waals surface area (Å²) in [6.45, 7) is 1.85. The number of carbonyl (C=O) groups is 1. The molecule has 1 aliphatic rings. The highest BCUT2D eigenvalue weighted by Gasteiger charge is 2.24. The van der Waals surface area contributed by atoms with E-state index >= 15 is 0 Å². The van der Waals surface area contributed by atoms with Crippen molar-refractivity contribution in [3.05, 3.63) is 28.8 Å². The van der Waals surface area contributed by atoms with Crippen molar-refractivity contribution in [3.8, 4) is 5.75 Å². The van der Waals surface area contributed by atoms with Crippen molar-refractivity contribution in [2.24, 2.45) is 0 Å². The highest BCUT2D eigenvalue weighted by molar-refractivity contribution is 6.33. The number of rotatable bonds is 2. The van der Waals surface area contributed by atoms with Crippen LogP contribution in [0, 0.1) is 0 Å². The zero-order chi connectivity index (χ0) is 13.1. The van der Waals surface area contributed by atoms with Crippen LogP contribution in [0.1, 0.15) is 23.2 Å². The molecule has 4 nitrogen and oxygen atoms in total. The van der Waals surface area contributed by atoms with E-state index in [2.05, 4.69) is 5.32 Å². The molecule has 0 atom stereocenters. The zero-order valence-electron chi connectivity index (χ0n) is 10.3. The van der Waals surface area contributed by atoms with E-state index in [4.69, 9.17) is 11.6 Å².